The second-order valence-corrected chi connectivity index (χ2v) is 8.33. The van der Waals surface area contributed by atoms with Gasteiger partial charge in [0.2, 0.25) is 5.91 Å². The van der Waals surface area contributed by atoms with E-state index in [4.69, 9.17) is 21.4 Å². The number of carboxylic acid groups (broad SMARTS) is 1. The maximum atomic E-state index is 12.7. The Bertz CT molecular complexity index is 1210. The highest BCUT2D eigenvalue weighted by Gasteiger charge is 2.29. The predicted octanol–water partition coefficient (Wildman–Crippen LogP) is 5.29. The van der Waals surface area contributed by atoms with Crippen LogP contribution in [0.3, 0.4) is 0 Å². The Morgan fingerprint density at radius 1 is 1.00 bits per heavy atom. The van der Waals surface area contributed by atoms with Crippen molar-refractivity contribution in [2.24, 2.45) is 0 Å². The molecule has 0 bridgehead atoms. The standard InChI is InChI=1S/C26H23ClN2O5/c1-2-22(24(30)28-23-13-15(25(31)32)11-12-21(23)27)29-26(33)34-14-20-18-9-5-3-7-16(18)17-8-4-6-10-19(17)20/h3-13,20,22H,2,14H2,1H3,(H,28,30)(H,29,33)(H,31,32). The normalized spacial score (nSPS) is 12.9. The van der Waals surface area contributed by atoms with Crippen LogP contribution in [0.2, 0.25) is 5.02 Å². The highest BCUT2D eigenvalue weighted by molar-refractivity contribution is 6.34. The van der Waals surface area contributed by atoms with Crippen molar-refractivity contribution in [1.82, 2.24) is 5.32 Å². The first-order chi connectivity index (χ1) is 16.4. The Morgan fingerprint density at radius 2 is 1.62 bits per heavy atom. The zero-order valence-electron chi connectivity index (χ0n) is 18.4. The fourth-order valence-electron chi connectivity index (χ4n) is 4.11. The number of halogens is 1. The molecule has 1 atom stereocenters. The first kappa shape index (κ1) is 23.3. The monoisotopic (exact) mass is 478 g/mol. The van der Waals surface area contributed by atoms with E-state index in [2.05, 4.69) is 22.8 Å². The summed E-state index contributed by atoms with van der Waals surface area (Å²) in [6.45, 7) is 1.87. The third kappa shape index (κ3) is 4.75. The van der Waals surface area contributed by atoms with Crippen LogP contribution in [0.15, 0.2) is 66.7 Å². The lowest BCUT2D eigenvalue weighted by Crippen LogP contribution is -2.43. The number of benzene rings is 3. The Morgan fingerprint density at radius 3 is 2.21 bits per heavy atom. The smallest absolute Gasteiger partial charge is 0.407 e. The number of anilines is 1. The number of rotatable bonds is 7. The molecule has 3 aromatic carbocycles. The van der Waals surface area contributed by atoms with Crippen LogP contribution in [0.5, 0.6) is 0 Å². The van der Waals surface area contributed by atoms with E-state index in [-0.39, 0.29) is 28.8 Å². The van der Waals surface area contributed by atoms with Gasteiger partial charge < -0.3 is 20.5 Å². The molecule has 0 aliphatic heterocycles. The molecule has 3 aromatic rings. The van der Waals surface area contributed by atoms with Crippen molar-refractivity contribution in [2.75, 3.05) is 11.9 Å². The molecule has 0 saturated carbocycles. The first-order valence-corrected chi connectivity index (χ1v) is 11.2. The summed E-state index contributed by atoms with van der Waals surface area (Å²) < 4.78 is 5.51. The van der Waals surface area contributed by atoms with E-state index in [1.165, 1.54) is 18.2 Å². The number of hydrogen-bond acceptors (Lipinski definition) is 4. The average molecular weight is 479 g/mol. The van der Waals surface area contributed by atoms with Crippen molar-refractivity contribution >= 4 is 35.3 Å². The third-order valence-corrected chi connectivity index (χ3v) is 6.16. The summed E-state index contributed by atoms with van der Waals surface area (Å²) >= 11 is 6.08. The van der Waals surface area contributed by atoms with E-state index in [0.29, 0.717) is 6.42 Å². The van der Waals surface area contributed by atoms with Crippen LogP contribution in [0.1, 0.15) is 40.7 Å². The minimum Gasteiger partial charge on any atom is -0.478 e. The molecule has 0 saturated heterocycles. The molecule has 0 fully saturated rings. The van der Waals surface area contributed by atoms with Gasteiger partial charge in [-0.2, -0.15) is 0 Å². The molecule has 0 heterocycles. The summed E-state index contributed by atoms with van der Waals surface area (Å²) in [5, 5.41) is 14.5. The number of amides is 2. The van der Waals surface area contributed by atoms with Gasteiger partial charge in [0.1, 0.15) is 12.6 Å². The van der Waals surface area contributed by atoms with Gasteiger partial charge in [0.15, 0.2) is 0 Å². The zero-order chi connectivity index (χ0) is 24.2. The molecule has 8 heteroatoms. The zero-order valence-corrected chi connectivity index (χ0v) is 19.1. The highest BCUT2D eigenvalue weighted by atomic mass is 35.5. The summed E-state index contributed by atoms with van der Waals surface area (Å²) in [6, 6.07) is 19.1. The van der Waals surface area contributed by atoms with Crippen LogP contribution in [0, 0.1) is 0 Å². The molecule has 174 valence electrons. The number of alkyl carbamates (subject to hydrolysis) is 1. The average Bonchev–Trinajstić information content (AvgIpc) is 3.16. The highest BCUT2D eigenvalue weighted by Crippen LogP contribution is 2.44. The van der Waals surface area contributed by atoms with Crippen LogP contribution in [0.25, 0.3) is 11.1 Å². The lowest BCUT2D eigenvalue weighted by molar-refractivity contribution is -0.118. The summed E-state index contributed by atoms with van der Waals surface area (Å²) in [5.74, 6) is -1.76. The van der Waals surface area contributed by atoms with E-state index < -0.39 is 24.0 Å². The van der Waals surface area contributed by atoms with Gasteiger partial charge in [-0.05, 0) is 46.9 Å². The summed E-state index contributed by atoms with van der Waals surface area (Å²) in [4.78, 5) is 36.4. The Hall–Kier alpha value is -3.84. The van der Waals surface area contributed by atoms with Gasteiger partial charge in [-0.25, -0.2) is 9.59 Å². The number of carbonyl (C=O) groups excluding carboxylic acids is 2. The van der Waals surface area contributed by atoms with Gasteiger partial charge in [-0.15, -0.1) is 0 Å². The van der Waals surface area contributed by atoms with E-state index in [1.807, 2.05) is 36.4 Å². The van der Waals surface area contributed by atoms with Crippen molar-refractivity contribution < 1.29 is 24.2 Å². The molecule has 4 rings (SSSR count). The van der Waals surface area contributed by atoms with Gasteiger partial charge in [-0.3, -0.25) is 4.79 Å². The topological polar surface area (TPSA) is 105 Å². The van der Waals surface area contributed by atoms with Crippen LogP contribution in [-0.4, -0.2) is 35.7 Å². The van der Waals surface area contributed by atoms with Gasteiger partial charge in [-0.1, -0.05) is 67.1 Å². The molecular weight excluding hydrogens is 456 g/mol. The van der Waals surface area contributed by atoms with Crippen molar-refractivity contribution in [3.63, 3.8) is 0 Å². The van der Waals surface area contributed by atoms with E-state index >= 15 is 0 Å². The van der Waals surface area contributed by atoms with Crippen LogP contribution in [-0.2, 0) is 9.53 Å². The molecule has 1 aliphatic rings. The van der Waals surface area contributed by atoms with Crippen molar-refractivity contribution in [3.8, 4) is 11.1 Å². The molecule has 0 radical (unpaired) electrons. The predicted molar refractivity (Wildman–Crippen MR) is 129 cm³/mol. The molecule has 1 unspecified atom stereocenters. The van der Waals surface area contributed by atoms with Crippen molar-refractivity contribution in [1.29, 1.82) is 0 Å². The third-order valence-electron chi connectivity index (χ3n) is 5.83. The van der Waals surface area contributed by atoms with Gasteiger partial charge in [0.05, 0.1) is 16.3 Å². The fraction of sp³-hybridized carbons (Fsp3) is 0.192. The largest absolute Gasteiger partial charge is 0.478 e. The molecule has 0 spiro atoms. The van der Waals surface area contributed by atoms with Gasteiger partial charge >= 0.3 is 12.1 Å². The minimum atomic E-state index is -1.14. The maximum Gasteiger partial charge on any atom is 0.407 e. The van der Waals surface area contributed by atoms with Gasteiger partial charge in [0.25, 0.3) is 0 Å². The number of ether oxygens (including phenoxy) is 1. The fourth-order valence-corrected chi connectivity index (χ4v) is 4.27. The Balaban J connectivity index is 1.40. The van der Waals surface area contributed by atoms with Gasteiger partial charge in [0, 0.05) is 5.92 Å². The number of nitrogens with one attached hydrogen (secondary N) is 2. The molecule has 1 aliphatic carbocycles. The minimum absolute atomic E-state index is 0.0164. The van der Waals surface area contributed by atoms with E-state index in [9.17, 15) is 14.4 Å². The number of hydrogen-bond donors (Lipinski definition) is 3. The molecule has 2 amide bonds. The summed E-state index contributed by atoms with van der Waals surface area (Å²) in [6.07, 6.45) is -0.416. The number of fused-ring (bicyclic) bond motifs is 3. The quantitative estimate of drug-likeness (QED) is 0.427. The molecule has 7 nitrogen and oxygen atoms in total. The first-order valence-electron chi connectivity index (χ1n) is 10.8. The summed E-state index contributed by atoms with van der Waals surface area (Å²) in [7, 11) is 0. The van der Waals surface area contributed by atoms with Crippen LogP contribution < -0.4 is 10.6 Å². The lowest BCUT2D eigenvalue weighted by atomic mass is 9.98. The number of carbonyl (C=O) groups is 3. The Kier molecular flexibility index (Phi) is 6.84. The lowest BCUT2D eigenvalue weighted by Gasteiger charge is -2.19. The van der Waals surface area contributed by atoms with Crippen LogP contribution in [0.4, 0.5) is 10.5 Å². The molecular formula is C26H23ClN2O5. The second kappa shape index (κ2) is 9.97. The molecule has 34 heavy (non-hydrogen) atoms. The van der Waals surface area contributed by atoms with E-state index in [1.54, 1.807) is 6.92 Å². The van der Waals surface area contributed by atoms with E-state index in [0.717, 1.165) is 22.3 Å². The second-order valence-electron chi connectivity index (χ2n) is 7.92. The molecule has 3 N–H and O–H groups in total. The number of aromatic carboxylic acids is 1. The number of carboxylic acids is 1. The Labute approximate surface area is 201 Å². The molecule has 0 aromatic heterocycles. The van der Waals surface area contributed by atoms with Crippen molar-refractivity contribution in [3.05, 3.63) is 88.4 Å². The summed E-state index contributed by atoms with van der Waals surface area (Å²) in [5.41, 5.74) is 4.57. The van der Waals surface area contributed by atoms with Crippen molar-refractivity contribution in [2.45, 2.75) is 25.3 Å². The maximum absolute atomic E-state index is 12.7. The SMILES string of the molecule is CCC(NC(=O)OCC1c2ccccc2-c2ccccc21)C(=O)Nc1cc(C(=O)O)ccc1Cl. The van der Waals surface area contributed by atoms with Crippen LogP contribution >= 0.6 is 11.6 Å².